The summed E-state index contributed by atoms with van der Waals surface area (Å²) in [7, 11) is 0. The van der Waals surface area contributed by atoms with Crippen LogP contribution in [-0.2, 0) is 6.42 Å². The minimum absolute atomic E-state index is 0.345. The largest absolute Gasteiger partial charge is 0.123 e. The summed E-state index contributed by atoms with van der Waals surface area (Å²) >= 11 is 12.3. The molecule has 0 amide bonds. The van der Waals surface area contributed by atoms with Gasteiger partial charge in [0.2, 0.25) is 0 Å². The Morgan fingerprint density at radius 1 is 1.40 bits per heavy atom. The monoisotopic (exact) mass is 242 g/mol. The third-order valence-electron chi connectivity index (χ3n) is 3.35. The highest BCUT2D eigenvalue weighted by atomic mass is 35.5. The molecule has 0 radical (unpaired) electrons. The molecule has 0 bridgehead atoms. The maximum atomic E-state index is 6.17. The zero-order chi connectivity index (χ0) is 10.9. The molecule has 2 rings (SSSR count). The van der Waals surface area contributed by atoms with Crippen molar-refractivity contribution in [2.75, 3.05) is 0 Å². The van der Waals surface area contributed by atoms with Crippen LogP contribution in [0.15, 0.2) is 24.3 Å². The highest BCUT2D eigenvalue weighted by Crippen LogP contribution is 2.43. The maximum absolute atomic E-state index is 6.17. The topological polar surface area (TPSA) is 0 Å². The Bertz CT molecular complexity index is 348. The van der Waals surface area contributed by atoms with Gasteiger partial charge in [-0.1, -0.05) is 36.7 Å². The number of hydrogen-bond acceptors (Lipinski definition) is 0. The van der Waals surface area contributed by atoms with Gasteiger partial charge in [-0.05, 0) is 42.7 Å². The van der Waals surface area contributed by atoms with Crippen molar-refractivity contribution in [3.63, 3.8) is 0 Å². The minimum atomic E-state index is 0.345. The van der Waals surface area contributed by atoms with Crippen molar-refractivity contribution < 1.29 is 0 Å². The predicted octanol–water partition coefficient (Wildman–Crippen LogP) is 4.68. The molecule has 0 aromatic heterocycles. The van der Waals surface area contributed by atoms with E-state index in [4.69, 9.17) is 23.2 Å². The Labute approximate surface area is 102 Å². The normalized spacial score (nSPS) is 30.7. The molecule has 2 unspecified atom stereocenters. The van der Waals surface area contributed by atoms with E-state index < -0.39 is 0 Å². The predicted molar refractivity (Wildman–Crippen MR) is 66.8 cm³/mol. The van der Waals surface area contributed by atoms with Gasteiger partial charge in [0.1, 0.15) is 0 Å². The van der Waals surface area contributed by atoms with Gasteiger partial charge in [-0.15, -0.1) is 11.6 Å². The summed E-state index contributed by atoms with van der Waals surface area (Å²) in [5.41, 5.74) is 1.60. The zero-order valence-electron chi connectivity index (χ0n) is 8.97. The van der Waals surface area contributed by atoms with Crippen LogP contribution in [0.5, 0.6) is 0 Å². The van der Waals surface area contributed by atoms with Crippen LogP contribution in [0, 0.1) is 5.41 Å². The van der Waals surface area contributed by atoms with Gasteiger partial charge in [0, 0.05) is 10.4 Å². The average molecular weight is 243 g/mol. The quantitative estimate of drug-likeness (QED) is 0.661. The van der Waals surface area contributed by atoms with Crippen molar-refractivity contribution in [2.45, 2.75) is 38.0 Å². The molecular weight excluding hydrogens is 227 g/mol. The van der Waals surface area contributed by atoms with Crippen LogP contribution < -0.4 is 0 Å². The lowest BCUT2D eigenvalue weighted by atomic mass is 9.82. The van der Waals surface area contributed by atoms with Crippen molar-refractivity contribution in [1.29, 1.82) is 0 Å². The molecule has 1 aliphatic carbocycles. The molecule has 15 heavy (non-hydrogen) atoms. The molecule has 1 fully saturated rings. The lowest BCUT2D eigenvalue weighted by Gasteiger charge is -2.24. The van der Waals surface area contributed by atoms with Gasteiger partial charge in [0.25, 0.3) is 0 Å². The Morgan fingerprint density at radius 3 is 2.73 bits per heavy atom. The van der Waals surface area contributed by atoms with Gasteiger partial charge in [-0.3, -0.25) is 0 Å². The first-order valence-electron chi connectivity index (χ1n) is 5.47. The second-order valence-electron chi connectivity index (χ2n) is 4.92. The molecule has 0 N–H and O–H groups in total. The minimum Gasteiger partial charge on any atom is -0.123 e. The third kappa shape index (κ3) is 2.68. The van der Waals surface area contributed by atoms with Crippen molar-refractivity contribution in [2.24, 2.45) is 5.41 Å². The van der Waals surface area contributed by atoms with Gasteiger partial charge in [0.15, 0.2) is 0 Å². The summed E-state index contributed by atoms with van der Waals surface area (Å²) in [5, 5.41) is 1.24. The second kappa shape index (κ2) is 4.35. The van der Waals surface area contributed by atoms with Gasteiger partial charge < -0.3 is 0 Å². The van der Waals surface area contributed by atoms with E-state index in [0.717, 1.165) is 24.3 Å². The van der Waals surface area contributed by atoms with Gasteiger partial charge in [-0.25, -0.2) is 0 Å². The Morgan fingerprint density at radius 2 is 2.13 bits per heavy atom. The van der Waals surface area contributed by atoms with Crippen LogP contribution in [0.4, 0.5) is 0 Å². The summed E-state index contributed by atoms with van der Waals surface area (Å²) in [5.74, 6) is 0. The summed E-state index contributed by atoms with van der Waals surface area (Å²) < 4.78 is 0. The molecule has 1 saturated carbocycles. The molecule has 2 atom stereocenters. The summed E-state index contributed by atoms with van der Waals surface area (Å²) in [4.78, 5) is 0. The smallest absolute Gasteiger partial charge is 0.0438 e. The van der Waals surface area contributed by atoms with Crippen molar-refractivity contribution in [3.05, 3.63) is 34.9 Å². The molecule has 82 valence electrons. The van der Waals surface area contributed by atoms with Crippen LogP contribution >= 0.6 is 23.2 Å². The second-order valence-corrected chi connectivity index (χ2v) is 5.94. The van der Waals surface area contributed by atoms with E-state index in [0.29, 0.717) is 10.8 Å². The van der Waals surface area contributed by atoms with Crippen LogP contribution in [-0.4, -0.2) is 5.38 Å². The first-order valence-corrected chi connectivity index (χ1v) is 6.28. The molecule has 2 heteroatoms. The Hall–Kier alpha value is -0.200. The number of rotatable bonds is 2. The fourth-order valence-electron chi connectivity index (χ4n) is 2.51. The van der Waals surface area contributed by atoms with E-state index in [1.807, 2.05) is 12.1 Å². The lowest BCUT2D eigenvalue weighted by Crippen LogP contribution is -2.15. The van der Waals surface area contributed by atoms with E-state index in [-0.39, 0.29) is 0 Å². The van der Waals surface area contributed by atoms with E-state index >= 15 is 0 Å². The first-order chi connectivity index (χ1) is 7.09. The molecule has 0 aliphatic heterocycles. The summed E-state index contributed by atoms with van der Waals surface area (Å²) in [6.07, 6.45) is 4.52. The Kier molecular flexibility index (Phi) is 3.27. The van der Waals surface area contributed by atoms with Crippen LogP contribution in [0.3, 0.4) is 0 Å². The highest BCUT2D eigenvalue weighted by molar-refractivity contribution is 6.31. The lowest BCUT2D eigenvalue weighted by molar-refractivity contribution is 0.335. The summed E-state index contributed by atoms with van der Waals surface area (Å²) in [6.45, 7) is 2.32. The standard InChI is InChI=1S/C13H16Cl2/c1-13(7-6-11(14)9-13)8-10-4-2-3-5-12(10)15/h2-5,11H,6-9H2,1H3. The number of benzene rings is 1. The molecule has 0 heterocycles. The van der Waals surface area contributed by atoms with Gasteiger partial charge in [0.05, 0.1) is 0 Å². The van der Waals surface area contributed by atoms with Crippen molar-refractivity contribution >= 4 is 23.2 Å². The Balaban J connectivity index is 2.12. The van der Waals surface area contributed by atoms with Crippen molar-refractivity contribution in [1.82, 2.24) is 0 Å². The zero-order valence-corrected chi connectivity index (χ0v) is 10.5. The fraction of sp³-hybridized carbons (Fsp3) is 0.538. The van der Waals surface area contributed by atoms with Crippen molar-refractivity contribution in [3.8, 4) is 0 Å². The maximum Gasteiger partial charge on any atom is 0.0438 e. The fourth-order valence-corrected chi connectivity index (χ4v) is 3.19. The SMILES string of the molecule is CC1(Cc2ccccc2Cl)CCC(Cl)C1. The van der Waals surface area contributed by atoms with E-state index in [9.17, 15) is 0 Å². The van der Waals surface area contributed by atoms with Crippen LogP contribution in [0.1, 0.15) is 31.7 Å². The number of halogens is 2. The molecule has 0 spiro atoms. The summed E-state index contributed by atoms with van der Waals surface area (Å²) in [6, 6.07) is 8.12. The molecule has 1 aromatic carbocycles. The first kappa shape index (κ1) is 11.3. The van der Waals surface area contributed by atoms with Gasteiger partial charge in [-0.2, -0.15) is 0 Å². The molecule has 0 saturated heterocycles. The molecule has 1 aliphatic rings. The number of alkyl halides is 1. The third-order valence-corrected chi connectivity index (χ3v) is 4.09. The van der Waals surface area contributed by atoms with E-state index in [1.54, 1.807) is 0 Å². The van der Waals surface area contributed by atoms with E-state index in [2.05, 4.69) is 19.1 Å². The van der Waals surface area contributed by atoms with E-state index in [1.165, 1.54) is 12.0 Å². The van der Waals surface area contributed by atoms with Crippen LogP contribution in [0.2, 0.25) is 5.02 Å². The average Bonchev–Trinajstić information content (AvgIpc) is 2.51. The molecular formula is C13H16Cl2. The number of hydrogen-bond donors (Lipinski definition) is 0. The van der Waals surface area contributed by atoms with Crippen LogP contribution in [0.25, 0.3) is 0 Å². The highest BCUT2D eigenvalue weighted by Gasteiger charge is 2.34. The van der Waals surface area contributed by atoms with Gasteiger partial charge >= 0.3 is 0 Å². The molecule has 0 nitrogen and oxygen atoms in total. The molecule has 1 aromatic rings.